The zero-order chi connectivity index (χ0) is 43.1. The van der Waals surface area contributed by atoms with Crippen LogP contribution in [0.4, 0.5) is 4.79 Å². The quantitative estimate of drug-likeness (QED) is 0.209. The molecule has 1 saturated heterocycles. The highest BCUT2D eigenvalue weighted by Crippen LogP contribution is 2.47. The maximum Gasteiger partial charge on any atom is 0.317 e. The van der Waals surface area contributed by atoms with Crippen molar-refractivity contribution >= 4 is 67.6 Å². The minimum absolute atomic E-state index is 0.0245. The molecule has 61 heavy (non-hydrogen) atoms. The molecule has 8 rings (SSSR count). The largest absolute Gasteiger partial charge is 0.495 e. The fourth-order valence-electron chi connectivity index (χ4n) is 8.16. The number of nitrogens with one attached hydrogen (secondary N) is 3. The van der Waals surface area contributed by atoms with E-state index in [0.29, 0.717) is 84.3 Å². The maximum atomic E-state index is 14.8. The monoisotopic (exact) mass is 897 g/mol. The fourth-order valence-corrected chi connectivity index (χ4v) is 10.7. The Labute approximate surface area is 364 Å². The average molecular weight is 899 g/mol. The molecule has 328 valence electrons. The number of amides is 5. The van der Waals surface area contributed by atoms with E-state index in [4.69, 9.17) is 35.8 Å². The van der Waals surface area contributed by atoms with E-state index in [1.54, 1.807) is 25.2 Å². The van der Waals surface area contributed by atoms with E-state index in [-0.39, 0.29) is 24.4 Å². The molecule has 0 bridgehead atoms. The van der Waals surface area contributed by atoms with Crippen molar-refractivity contribution in [1.82, 2.24) is 35.1 Å². The molecule has 4 heterocycles. The summed E-state index contributed by atoms with van der Waals surface area (Å²) in [5, 5.41) is 8.78. The number of halogens is 1. The molecule has 3 saturated carbocycles. The first-order valence-electron chi connectivity index (χ1n) is 21.0. The van der Waals surface area contributed by atoms with Gasteiger partial charge in [-0.2, -0.15) is 0 Å². The third-order valence-corrected chi connectivity index (χ3v) is 15.3. The number of benzene rings is 1. The second-order valence-electron chi connectivity index (χ2n) is 16.7. The highest BCUT2D eigenvalue weighted by atomic mass is 35.5. The summed E-state index contributed by atoms with van der Waals surface area (Å²) in [5.41, 5.74) is 0.460. The summed E-state index contributed by atoms with van der Waals surface area (Å²) < 4.78 is 45.6. The van der Waals surface area contributed by atoms with Crippen molar-refractivity contribution < 1.29 is 41.8 Å². The Kier molecular flexibility index (Phi) is 12.5. The number of methoxy groups -OCH3 is 2. The van der Waals surface area contributed by atoms with Gasteiger partial charge in [0, 0.05) is 55.8 Å². The number of rotatable bonds is 12. The molecule has 0 unspecified atom stereocenters. The molecule has 0 radical (unpaired) electrons. The standard InChI is InChI=1S/C42H52ClN7O9S2/c1-49(17-18-57-2)41(54)46-29-10-8-6-4-5-7-9-25-21-42(25,40(53)48-61(55,56)27-13-14-27)47-37(51)32-19-26(22-50(32)39(29)52)59-34-20-30(38-45-31(23-60-38)24-11-12-24)44-36-28(34)15-16-33(58-3)35(36)43/h7,9,15-16,20,23-27,29,32H,4-6,8,10-14,17-19,21-22H2,1-3H3,(H,46,54)(H,47,51)(H,48,53)/t25-,26-,29+,32+,42-/m1/s1. The number of hydrogen-bond acceptors (Lipinski definition) is 12. The van der Waals surface area contributed by atoms with Gasteiger partial charge in [-0.05, 0) is 63.5 Å². The van der Waals surface area contributed by atoms with Gasteiger partial charge in [-0.3, -0.25) is 19.1 Å². The number of pyridine rings is 1. The molecule has 2 aromatic heterocycles. The summed E-state index contributed by atoms with van der Waals surface area (Å²) in [6.07, 6.45) is 9.60. The number of urea groups is 1. The van der Waals surface area contributed by atoms with Gasteiger partial charge in [-0.15, -0.1) is 11.3 Å². The molecular formula is C42H52ClN7O9S2. The number of carbonyl (C=O) groups is 4. The normalized spacial score (nSPS) is 25.7. The Morgan fingerprint density at radius 2 is 1.89 bits per heavy atom. The lowest BCUT2D eigenvalue weighted by Crippen LogP contribution is -2.58. The van der Waals surface area contributed by atoms with E-state index in [9.17, 15) is 27.6 Å². The van der Waals surface area contributed by atoms with Crippen molar-refractivity contribution in [3.8, 4) is 22.2 Å². The molecule has 2 aliphatic heterocycles. The van der Waals surface area contributed by atoms with Gasteiger partial charge in [0.1, 0.15) is 50.9 Å². The van der Waals surface area contributed by atoms with Crippen LogP contribution in [-0.2, 0) is 29.1 Å². The van der Waals surface area contributed by atoms with Crippen LogP contribution >= 0.6 is 22.9 Å². The highest BCUT2D eigenvalue weighted by Gasteiger charge is 2.62. The molecule has 16 nitrogen and oxygen atoms in total. The Morgan fingerprint density at radius 1 is 1.08 bits per heavy atom. The van der Waals surface area contributed by atoms with Crippen LogP contribution < -0.4 is 24.8 Å². The van der Waals surface area contributed by atoms with Crippen LogP contribution in [0.3, 0.4) is 0 Å². The third-order valence-electron chi connectivity index (χ3n) is 12.2. The molecule has 19 heteroatoms. The Bertz CT molecular complexity index is 2340. The minimum atomic E-state index is -3.92. The number of ether oxygens (including phenoxy) is 3. The second kappa shape index (κ2) is 17.7. The molecule has 3 aliphatic carbocycles. The van der Waals surface area contributed by atoms with Crippen LogP contribution in [0.5, 0.6) is 11.5 Å². The summed E-state index contributed by atoms with van der Waals surface area (Å²) in [4.78, 5) is 69.4. The minimum Gasteiger partial charge on any atom is -0.495 e. The van der Waals surface area contributed by atoms with Crippen LogP contribution in [0.2, 0.25) is 5.02 Å². The van der Waals surface area contributed by atoms with Crippen molar-refractivity contribution in [2.24, 2.45) is 5.92 Å². The molecule has 5 atom stereocenters. The first-order chi connectivity index (χ1) is 29.3. The van der Waals surface area contributed by atoms with Gasteiger partial charge in [-0.25, -0.2) is 23.2 Å². The molecule has 4 fully saturated rings. The van der Waals surface area contributed by atoms with Gasteiger partial charge in [0.25, 0.3) is 5.91 Å². The van der Waals surface area contributed by atoms with Gasteiger partial charge in [0.05, 0.1) is 36.7 Å². The Morgan fingerprint density at radius 3 is 2.62 bits per heavy atom. The lowest BCUT2D eigenvalue weighted by molar-refractivity contribution is -0.141. The molecule has 3 N–H and O–H groups in total. The first-order valence-corrected chi connectivity index (χ1v) is 23.8. The van der Waals surface area contributed by atoms with Gasteiger partial charge < -0.3 is 34.6 Å². The first kappa shape index (κ1) is 43.1. The van der Waals surface area contributed by atoms with Crippen molar-refractivity contribution in [2.75, 3.05) is 41.0 Å². The third kappa shape index (κ3) is 9.32. The second-order valence-corrected chi connectivity index (χ2v) is 19.9. The number of thiazole rings is 1. The molecule has 5 amide bonds. The zero-order valence-corrected chi connectivity index (χ0v) is 36.9. The summed E-state index contributed by atoms with van der Waals surface area (Å²) in [7, 11) is 0.751. The zero-order valence-electron chi connectivity index (χ0n) is 34.5. The van der Waals surface area contributed by atoms with E-state index < -0.39 is 68.7 Å². The van der Waals surface area contributed by atoms with Crippen molar-refractivity contribution in [3.63, 3.8) is 0 Å². The van der Waals surface area contributed by atoms with E-state index >= 15 is 0 Å². The number of sulfonamides is 1. The van der Waals surface area contributed by atoms with Crippen LogP contribution in [0.15, 0.2) is 35.7 Å². The van der Waals surface area contributed by atoms with Crippen molar-refractivity contribution in [3.05, 3.63) is 46.4 Å². The number of likely N-dealkylation sites (N-methyl/N-ethyl adjacent to an activating group) is 1. The van der Waals surface area contributed by atoms with Crippen LogP contribution in [0, 0.1) is 5.92 Å². The van der Waals surface area contributed by atoms with Crippen LogP contribution in [0.25, 0.3) is 21.6 Å². The fraction of sp³-hybridized carbons (Fsp3) is 0.571. The van der Waals surface area contributed by atoms with E-state index in [2.05, 4.69) is 15.4 Å². The molecule has 1 aromatic carbocycles. The molecule has 3 aromatic rings. The maximum absolute atomic E-state index is 14.8. The summed E-state index contributed by atoms with van der Waals surface area (Å²) in [6, 6.07) is 2.71. The Hall–Kier alpha value is -4.52. The molecule has 0 spiro atoms. The van der Waals surface area contributed by atoms with Crippen LogP contribution in [-0.4, -0.2) is 122 Å². The van der Waals surface area contributed by atoms with E-state index in [1.807, 2.05) is 17.5 Å². The predicted molar refractivity (Wildman–Crippen MR) is 229 cm³/mol. The van der Waals surface area contributed by atoms with Crippen molar-refractivity contribution in [2.45, 2.75) is 106 Å². The smallest absolute Gasteiger partial charge is 0.317 e. The number of nitrogens with zero attached hydrogens (tertiary/aromatic N) is 4. The lowest BCUT2D eigenvalue weighted by Gasteiger charge is -2.30. The molecular weight excluding hydrogens is 846 g/mol. The number of allylic oxidation sites excluding steroid dienone is 1. The van der Waals surface area contributed by atoms with Gasteiger partial charge in [-0.1, -0.05) is 36.6 Å². The Balaban J connectivity index is 1.13. The predicted octanol–water partition coefficient (Wildman–Crippen LogP) is 4.91. The van der Waals surface area contributed by atoms with Gasteiger partial charge >= 0.3 is 6.03 Å². The molecule has 5 aliphatic rings. The average Bonchev–Trinajstić information content (AvgIpc) is 4.20. The summed E-state index contributed by atoms with van der Waals surface area (Å²) in [6.45, 7) is 0.561. The van der Waals surface area contributed by atoms with E-state index in [1.165, 1.54) is 35.4 Å². The summed E-state index contributed by atoms with van der Waals surface area (Å²) >= 11 is 8.34. The lowest BCUT2D eigenvalue weighted by atomic mass is 10.0. The highest BCUT2D eigenvalue weighted by molar-refractivity contribution is 7.91. The van der Waals surface area contributed by atoms with E-state index in [0.717, 1.165) is 31.4 Å². The van der Waals surface area contributed by atoms with Crippen LogP contribution in [0.1, 0.15) is 82.2 Å². The summed E-state index contributed by atoms with van der Waals surface area (Å²) in [5.74, 6) is -1.08. The number of hydrogen-bond donors (Lipinski definition) is 3. The number of carbonyl (C=O) groups excluding carboxylic acids is 4. The van der Waals surface area contributed by atoms with Gasteiger partial charge in [0.2, 0.25) is 21.8 Å². The topological polar surface area (TPSA) is 198 Å². The number of fused-ring (bicyclic) bond motifs is 3. The SMILES string of the molecule is COCCN(C)C(=O)N[C@H]1CCCCCC=C[C@@H]2C[C@@]2(C(=O)NS(=O)(=O)C2CC2)NC(=O)[C@@H]2C[C@@H](Oc3cc(-c4nc(C5CC5)cs4)nc4c(Cl)c(OC)ccc34)CN2C1=O. The van der Waals surface area contributed by atoms with Crippen molar-refractivity contribution in [1.29, 1.82) is 0 Å². The van der Waals surface area contributed by atoms with Gasteiger partial charge in [0.15, 0.2) is 0 Å². The number of aromatic nitrogens is 2.